The van der Waals surface area contributed by atoms with E-state index in [0.29, 0.717) is 23.7 Å². The number of anilines is 2. The van der Waals surface area contributed by atoms with Crippen LogP contribution in [0, 0.1) is 0 Å². The summed E-state index contributed by atoms with van der Waals surface area (Å²) < 4.78 is 0. The first-order chi connectivity index (χ1) is 15.2. The average Bonchev–Trinajstić information content (AvgIpc) is 2.67. The third-order valence-electron chi connectivity index (χ3n) is 5.14. The first-order valence-electron chi connectivity index (χ1n) is 11.4. The molecule has 0 heterocycles. The molecule has 0 radical (unpaired) electrons. The molecule has 0 amide bonds. The van der Waals surface area contributed by atoms with E-state index in [1.165, 1.54) is 22.3 Å². The Hall–Kier alpha value is -3.02. The van der Waals surface area contributed by atoms with Crippen LogP contribution in [0.5, 0.6) is 0 Å². The highest BCUT2D eigenvalue weighted by molar-refractivity contribution is 5.88. The Balaban J connectivity index is 0.000000490. The van der Waals surface area contributed by atoms with Crippen molar-refractivity contribution in [3.8, 4) is 0 Å². The van der Waals surface area contributed by atoms with Crippen LogP contribution in [0.25, 0.3) is 0 Å². The molecular formula is C27H42N2O4. The monoisotopic (exact) mass is 458 g/mol. The fraction of sp³-hybridized carbons (Fsp3) is 0.481. The quantitative estimate of drug-likeness (QED) is 0.286. The van der Waals surface area contributed by atoms with Gasteiger partial charge in [-0.1, -0.05) is 91.8 Å². The van der Waals surface area contributed by atoms with Gasteiger partial charge in [0.05, 0.1) is 0 Å². The maximum atomic E-state index is 9.43. The predicted molar refractivity (Wildman–Crippen MR) is 138 cm³/mol. The van der Waals surface area contributed by atoms with Crippen LogP contribution < -0.4 is 11.5 Å². The van der Waals surface area contributed by atoms with Crippen LogP contribution in [-0.2, 0) is 9.59 Å². The highest BCUT2D eigenvalue weighted by Gasteiger charge is 2.10. The summed E-state index contributed by atoms with van der Waals surface area (Å²) in [6, 6.07) is 12.7. The Morgan fingerprint density at radius 1 is 0.606 bits per heavy atom. The molecule has 6 heteroatoms. The molecule has 33 heavy (non-hydrogen) atoms. The Labute approximate surface area is 199 Å². The van der Waals surface area contributed by atoms with Gasteiger partial charge < -0.3 is 21.7 Å². The number of para-hydroxylation sites is 2. The number of rotatable bonds is 6. The zero-order valence-corrected chi connectivity index (χ0v) is 21.3. The van der Waals surface area contributed by atoms with E-state index in [9.17, 15) is 9.59 Å². The van der Waals surface area contributed by atoms with Crippen molar-refractivity contribution < 1.29 is 19.8 Å². The topological polar surface area (TPSA) is 127 Å². The molecule has 0 atom stereocenters. The molecule has 0 aliphatic rings. The molecule has 184 valence electrons. The molecule has 0 spiro atoms. The second kappa shape index (κ2) is 14.2. The molecule has 2 rings (SSSR count). The SMILES string of the molecule is CC(C)c1cccc(C(C)C)c1N.CC(C)c1cccc(C(C)C)c1N.O=C(O)CC(=O)O. The Morgan fingerprint density at radius 2 is 0.818 bits per heavy atom. The third kappa shape index (κ3) is 10.4. The first-order valence-corrected chi connectivity index (χ1v) is 11.4. The lowest BCUT2D eigenvalue weighted by Gasteiger charge is -2.15. The van der Waals surface area contributed by atoms with Gasteiger partial charge in [-0.2, -0.15) is 0 Å². The van der Waals surface area contributed by atoms with Gasteiger partial charge in [-0.25, -0.2) is 0 Å². The summed E-state index contributed by atoms with van der Waals surface area (Å²) >= 11 is 0. The van der Waals surface area contributed by atoms with Crippen molar-refractivity contribution in [1.82, 2.24) is 0 Å². The largest absolute Gasteiger partial charge is 0.481 e. The molecule has 6 N–H and O–H groups in total. The second-order valence-electron chi connectivity index (χ2n) is 9.28. The van der Waals surface area contributed by atoms with Gasteiger partial charge in [0.2, 0.25) is 0 Å². The number of benzene rings is 2. The minimum atomic E-state index is -1.31. The number of carbonyl (C=O) groups is 2. The van der Waals surface area contributed by atoms with Gasteiger partial charge in [0.1, 0.15) is 6.42 Å². The Morgan fingerprint density at radius 3 is 0.939 bits per heavy atom. The van der Waals surface area contributed by atoms with Crippen LogP contribution in [0.15, 0.2) is 36.4 Å². The number of aliphatic carboxylic acids is 2. The summed E-state index contributed by atoms with van der Waals surface area (Å²) in [7, 11) is 0. The lowest BCUT2D eigenvalue weighted by Crippen LogP contribution is -2.03. The van der Waals surface area contributed by atoms with E-state index in [4.69, 9.17) is 21.7 Å². The van der Waals surface area contributed by atoms with Gasteiger partial charge in [0.25, 0.3) is 0 Å². The van der Waals surface area contributed by atoms with E-state index in [1.54, 1.807) is 0 Å². The van der Waals surface area contributed by atoms with Gasteiger partial charge in [-0.15, -0.1) is 0 Å². The van der Waals surface area contributed by atoms with Crippen molar-refractivity contribution in [3.05, 3.63) is 58.7 Å². The molecule has 2 aromatic rings. The summed E-state index contributed by atoms with van der Waals surface area (Å²) in [4.78, 5) is 18.9. The molecule has 0 fully saturated rings. The molecule has 0 aliphatic heterocycles. The highest BCUT2D eigenvalue weighted by Crippen LogP contribution is 2.30. The Kier molecular flexibility index (Phi) is 12.9. The molecular weight excluding hydrogens is 416 g/mol. The predicted octanol–water partition coefficient (Wildman–Crippen LogP) is 6.58. The maximum absolute atomic E-state index is 9.43. The van der Waals surface area contributed by atoms with Crippen LogP contribution >= 0.6 is 0 Å². The van der Waals surface area contributed by atoms with Crippen molar-refractivity contribution in [1.29, 1.82) is 0 Å². The van der Waals surface area contributed by atoms with E-state index in [-0.39, 0.29) is 0 Å². The van der Waals surface area contributed by atoms with Crippen molar-refractivity contribution in [2.75, 3.05) is 11.5 Å². The lowest BCUT2D eigenvalue weighted by molar-refractivity contribution is -0.147. The van der Waals surface area contributed by atoms with Gasteiger partial charge in [0.15, 0.2) is 0 Å². The Bertz CT molecular complexity index is 777. The van der Waals surface area contributed by atoms with E-state index in [0.717, 1.165) is 11.4 Å². The van der Waals surface area contributed by atoms with Crippen molar-refractivity contribution in [2.45, 2.75) is 85.5 Å². The molecule has 2 aromatic carbocycles. The summed E-state index contributed by atoms with van der Waals surface area (Å²) in [6.07, 6.45) is -0.806. The van der Waals surface area contributed by atoms with Crippen LogP contribution in [-0.4, -0.2) is 22.2 Å². The smallest absolute Gasteiger partial charge is 0.314 e. The fourth-order valence-electron chi connectivity index (χ4n) is 3.35. The number of nitrogen functional groups attached to an aromatic ring is 2. The summed E-state index contributed by atoms with van der Waals surface area (Å²) in [6.45, 7) is 17.4. The standard InChI is InChI=1S/2C12H19N.C3H4O4/c2*1-8(2)10-6-5-7-11(9(3)4)12(10)13;4-2(5)1-3(6)7/h2*5-9H,13H2,1-4H3;1H2,(H,4,5)(H,6,7). The minimum absolute atomic E-state index is 0.513. The van der Waals surface area contributed by atoms with Crippen molar-refractivity contribution in [2.24, 2.45) is 0 Å². The average molecular weight is 459 g/mol. The fourth-order valence-corrected chi connectivity index (χ4v) is 3.35. The number of carboxylic acids is 2. The maximum Gasteiger partial charge on any atom is 0.314 e. The summed E-state index contributed by atoms with van der Waals surface area (Å²) in [5.41, 5.74) is 19.2. The van der Waals surface area contributed by atoms with Gasteiger partial charge in [-0.05, 0) is 45.9 Å². The van der Waals surface area contributed by atoms with Crippen LogP contribution in [0.4, 0.5) is 11.4 Å². The number of nitrogens with two attached hydrogens (primary N) is 2. The number of hydrogen-bond donors (Lipinski definition) is 4. The summed E-state index contributed by atoms with van der Waals surface area (Å²) in [5, 5.41) is 15.4. The van der Waals surface area contributed by atoms with E-state index >= 15 is 0 Å². The zero-order chi connectivity index (χ0) is 25.9. The van der Waals surface area contributed by atoms with Gasteiger partial charge in [-0.3, -0.25) is 9.59 Å². The molecule has 0 saturated carbocycles. The number of hydrogen-bond acceptors (Lipinski definition) is 4. The zero-order valence-electron chi connectivity index (χ0n) is 21.3. The van der Waals surface area contributed by atoms with Crippen molar-refractivity contribution >= 4 is 23.3 Å². The minimum Gasteiger partial charge on any atom is -0.481 e. The van der Waals surface area contributed by atoms with E-state index in [1.807, 2.05) is 0 Å². The normalized spacial score (nSPS) is 10.5. The van der Waals surface area contributed by atoms with Crippen LogP contribution in [0.2, 0.25) is 0 Å². The third-order valence-corrected chi connectivity index (χ3v) is 5.14. The molecule has 0 bridgehead atoms. The van der Waals surface area contributed by atoms with Gasteiger partial charge >= 0.3 is 11.9 Å². The molecule has 0 aromatic heterocycles. The second-order valence-corrected chi connectivity index (χ2v) is 9.28. The first kappa shape index (κ1) is 30.0. The highest BCUT2D eigenvalue weighted by atomic mass is 16.4. The van der Waals surface area contributed by atoms with E-state index in [2.05, 4.69) is 91.8 Å². The molecule has 0 saturated heterocycles. The molecule has 6 nitrogen and oxygen atoms in total. The summed E-state index contributed by atoms with van der Waals surface area (Å²) in [5.74, 6) is -0.574. The molecule has 0 unspecified atom stereocenters. The number of carboxylic acid groups (broad SMARTS) is 2. The lowest BCUT2D eigenvalue weighted by atomic mass is 9.93. The van der Waals surface area contributed by atoms with Gasteiger partial charge in [0, 0.05) is 11.4 Å². The van der Waals surface area contributed by atoms with Crippen molar-refractivity contribution in [3.63, 3.8) is 0 Å². The van der Waals surface area contributed by atoms with Crippen LogP contribution in [0.3, 0.4) is 0 Å². The molecule has 0 aliphatic carbocycles. The van der Waals surface area contributed by atoms with Crippen LogP contribution in [0.1, 0.15) is 108 Å². The van der Waals surface area contributed by atoms with E-state index < -0.39 is 18.4 Å².